The van der Waals surface area contributed by atoms with Gasteiger partial charge in [-0.05, 0) is 62.0 Å². The van der Waals surface area contributed by atoms with E-state index in [0.29, 0.717) is 29.0 Å². The van der Waals surface area contributed by atoms with Gasteiger partial charge in [-0.25, -0.2) is 0 Å². The first-order valence-corrected chi connectivity index (χ1v) is 15.9. The first-order valence-electron chi connectivity index (χ1n) is 13.0. The van der Waals surface area contributed by atoms with E-state index in [1.54, 1.807) is 0 Å². The summed E-state index contributed by atoms with van der Waals surface area (Å²) < 4.78 is 2.62. The Balaban J connectivity index is 1.66. The summed E-state index contributed by atoms with van der Waals surface area (Å²) in [5.74, 6) is 4.18. The maximum absolute atomic E-state index is 13.5. The molecule has 0 aliphatic carbocycles. The summed E-state index contributed by atoms with van der Waals surface area (Å²) in [5.41, 5.74) is -0.726. The summed E-state index contributed by atoms with van der Waals surface area (Å²) >= 11 is 6.73. The lowest BCUT2D eigenvalue weighted by Crippen LogP contribution is -2.67. The van der Waals surface area contributed by atoms with E-state index in [1.165, 1.54) is 11.5 Å². The molecule has 0 radical (unpaired) electrons. The first-order chi connectivity index (χ1) is 16.1. The lowest BCUT2D eigenvalue weighted by atomic mass is 9.85. The number of likely N-dealkylation sites (tertiary alicyclic amines) is 1. The molecule has 3 saturated heterocycles. The summed E-state index contributed by atoms with van der Waals surface area (Å²) in [6, 6.07) is -0.172. The SMILES string of the molecule is CC(C)C[C@@H]1NCCN([C@](C=O)(CC(C)C)CN2CCC3(CC2)SCC(CN(C)I)CS3)C1=O. The summed E-state index contributed by atoms with van der Waals surface area (Å²) in [6.07, 6.45) is 4.99. The first kappa shape index (κ1) is 29.0. The Morgan fingerprint density at radius 3 is 2.35 bits per heavy atom. The average molecular weight is 625 g/mol. The number of hydrogen-bond donors (Lipinski definition) is 1. The fourth-order valence-electron chi connectivity index (χ4n) is 5.77. The molecule has 0 bridgehead atoms. The topological polar surface area (TPSA) is 55.9 Å². The molecule has 3 rings (SSSR count). The highest BCUT2D eigenvalue weighted by atomic mass is 127. The largest absolute Gasteiger partial charge is 0.326 e. The van der Waals surface area contributed by atoms with E-state index < -0.39 is 5.54 Å². The molecule has 0 aromatic heterocycles. The number of carbonyl (C=O) groups excluding carboxylic acids is 2. The van der Waals surface area contributed by atoms with Crippen molar-refractivity contribution in [2.45, 2.75) is 69.0 Å². The highest BCUT2D eigenvalue weighted by Gasteiger charge is 2.47. The number of hydrogen-bond acceptors (Lipinski definition) is 7. The molecule has 0 unspecified atom stereocenters. The quantitative estimate of drug-likeness (QED) is 0.224. The molecule has 9 heteroatoms. The Labute approximate surface area is 229 Å². The summed E-state index contributed by atoms with van der Waals surface area (Å²) in [4.78, 5) is 30.7. The van der Waals surface area contributed by atoms with Gasteiger partial charge in [0.25, 0.3) is 0 Å². The summed E-state index contributed by atoms with van der Waals surface area (Å²) in [6.45, 7) is 13.9. The highest BCUT2D eigenvalue weighted by molar-refractivity contribution is 14.1. The molecule has 0 aromatic carbocycles. The number of piperidine rings is 1. The van der Waals surface area contributed by atoms with E-state index in [9.17, 15) is 9.59 Å². The van der Waals surface area contributed by atoms with Crippen LogP contribution in [0.4, 0.5) is 0 Å². The second-order valence-corrected chi connectivity index (χ2v) is 16.1. The van der Waals surface area contributed by atoms with Crippen LogP contribution in [0.2, 0.25) is 0 Å². The highest BCUT2D eigenvalue weighted by Crippen LogP contribution is 2.50. The zero-order chi connectivity index (χ0) is 24.9. The number of amides is 1. The molecule has 2 atom stereocenters. The van der Waals surface area contributed by atoms with Gasteiger partial charge in [-0.1, -0.05) is 27.7 Å². The molecular formula is C25H45IN4O2S2. The van der Waals surface area contributed by atoms with E-state index in [0.717, 1.165) is 64.1 Å². The van der Waals surface area contributed by atoms with Gasteiger partial charge >= 0.3 is 0 Å². The molecule has 34 heavy (non-hydrogen) atoms. The predicted octanol–water partition coefficient (Wildman–Crippen LogP) is 3.99. The molecular weight excluding hydrogens is 579 g/mol. The van der Waals surface area contributed by atoms with E-state index in [1.807, 2.05) is 4.90 Å². The standard InChI is InChI=1S/C25H45IN4O2S2/c1-19(2)12-22-23(32)30(11-8-27-22)24(18-31,13-20(3)4)17-29-9-6-25(7-10-29)33-15-21(16-34-25)14-28(5)26/h18-22,27H,6-17H2,1-5H3/t22-,24+/m0/s1. The molecule has 1 spiro atoms. The van der Waals surface area contributed by atoms with Crippen LogP contribution < -0.4 is 5.32 Å². The number of halogens is 1. The van der Waals surface area contributed by atoms with Gasteiger partial charge in [0.2, 0.25) is 5.91 Å². The van der Waals surface area contributed by atoms with Crippen LogP contribution in [0.1, 0.15) is 53.4 Å². The number of piperazine rings is 1. The van der Waals surface area contributed by atoms with Gasteiger partial charge in [0.15, 0.2) is 0 Å². The van der Waals surface area contributed by atoms with E-state index in [2.05, 4.69) is 94.5 Å². The third kappa shape index (κ3) is 7.49. The fourth-order valence-corrected chi connectivity index (χ4v) is 9.68. The average Bonchev–Trinajstić information content (AvgIpc) is 2.77. The number of carbonyl (C=O) groups is 2. The molecule has 3 fully saturated rings. The van der Waals surface area contributed by atoms with Crippen LogP contribution in [0.5, 0.6) is 0 Å². The van der Waals surface area contributed by atoms with Crippen molar-refractivity contribution in [3.8, 4) is 0 Å². The molecule has 3 aliphatic rings. The normalized spacial score (nSPS) is 26.6. The van der Waals surface area contributed by atoms with Crippen LogP contribution in [-0.4, -0.2) is 98.6 Å². The van der Waals surface area contributed by atoms with Crippen molar-refractivity contribution < 1.29 is 9.59 Å². The minimum atomic E-state index is -0.726. The summed E-state index contributed by atoms with van der Waals surface area (Å²) in [7, 11) is 2.16. The van der Waals surface area contributed by atoms with Gasteiger partial charge in [0.05, 0.1) is 10.1 Å². The monoisotopic (exact) mass is 624 g/mol. The molecule has 6 nitrogen and oxygen atoms in total. The molecule has 3 aliphatic heterocycles. The van der Waals surface area contributed by atoms with Crippen LogP contribution in [0.3, 0.4) is 0 Å². The van der Waals surface area contributed by atoms with Crippen LogP contribution in [0.15, 0.2) is 0 Å². The molecule has 1 N–H and O–H groups in total. The number of nitrogens with zero attached hydrogens (tertiary/aromatic N) is 3. The third-order valence-corrected chi connectivity index (χ3v) is 11.6. The Morgan fingerprint density at radius 2 is 1.82 bits per heavy atom. The van der Waals surface area contributed by atoms with E-state index in [4.69, 9.17) is 0 Å². The lowest BCUT2D eigenvalue weighted by molar-refractivity contribution is -0.149. The number of thioether (sulfide) groups is 2. The predicted molar refractivity (Wildman–Crippen MR) is 155 cm³/mol. The van der Waals surface area contributed by atoms with Gasteiger partial charge < -0.3 is 19.9 Å². The number of nitrogens with one attached hydrogen (secondary N) is 1. The van der Waals surface area contributed by atoms with E-state index in [-0.39, 0.29) is 11.9 Å². The minimum absolute atomic E-state index is 0.117. The van der Waals surface area contributed by atoms with Gasteiger partial charge in [0.1, 0.15) is 11.8 Å². The van der Waals surface area contributed by atoms with Crippen LogP contribution >= 0.6 is 46.4 Å². The summed E-state index contributed by atoms with van der Waals surface area (Å²) in [5, 5.41) is 3.41. The Hall–Kier alpha value is 0.450. The van der Waals surface area contributed by atoms with Gasteiger partial charge in [-0.3, -0.25) is 7.91 Å². The van der Waals surface area contributed by atoms with Crippen molar-refractivity contribution in [3.05, 3.63) is 0 Å². The lowest BCUT2D eigenvalue weighted by Gasteiger charge is -2.50. The second-order valence-electron chi connectivity index (χ2n) is 11.4. The van der Waals surface area contributed by atoms with Crippen molar-refractivity contribution >= 4 is 58.6 Å². The number of aldehydes is 1. The van der Waals surface area contributed by atoms with Crippen LogP contribution in [0.25, 0.3) is 0 Å². The van der Waals surface area contributed by atoms with Gasteiger partial charge in [-0.2, -0.15) is 0 Å². The van der Waals surface area contributed by atoms with Crippen molar-refractivity contribution in [1.82, 2.24) is 18.2 Å². The van der Waals surface area contributed by atoms with Crippen molar-refractivity contribution in [2.75, 3.05) is 57.8 Å². The van der Waals surface area contributed by atoms with Crippen molar-refractivity contribution in [3.63, 3.8) is 0 Å². The van der Waals surface area contributed by atoms with Crippen LogP contribution in [0, 0.1) is 17.8 Å². The molecule has 1 amide bonds. The Kier molecular flexibility index (Phi) is 10.9. The minimum Gasteiger partial charge on any atom is -0.326 e. The van der Waals surface area contributed by atoms with Crippen LogP contribution in [-0.2, 0) is 9.59 Å². The Bertz CT molecular complexity index is 678. The molecule has 196 valence electrons. The second kappa shape index (κ2) is 12.8. The van der Waals surface area contributed by atoms with E-state index >= 15 is 0 Å². The van der Waals surface area contributed by atoms with Crippen molar-refractivity contribution in [2.24, 2.45) is 17.8 Å². The fraction of sp³-hybridized carbons (Fsp3) is 0.920. The molecule has 0 saturated carbocycles. The molecule has 0 aromatic rings. The zero-order valence-electron chi connectivity index (χ0n) is 21.7. The van der Waals surface area contributed by atoms with Gasteiger partial charge in [-0.15, -0.1) is 23.5 Å². The van der Waals surface area contributed by atoms with Crippen molar-refractivity contribution in [1.29, 1.82) is 0 Å². The number of rotatable bonds is 10. The smallest absolute Gasteiger partial charge is 0.240 e. The zero-order valence-corrected chi connectivity index (χ0v) is 25.5. The third-order valence-electron chi connectivity index (χ3n) is 7.31. The molecule has 3 heterocycles. The maximum atomic E-state index is 13.5. The van der Waals surface area contributed by atoms with Gasteiger partial charge in [0, 0.05) is 62.1 Å². The maximum Gasteiger partial charge on any atom is 0.240 e. The Morgan fingerprint density at radius 1 is 1.18 bits per heavy atom.